The Hall–Kier alpha value is -1.99. The van der Waals surface area contributed by atoms with Gasteiger partial charge in [-0.2, -0.15) is 13.9 Å². The van der Waals surface area contributed by atoms with Crippen molar-refractivity contribution in [3.05, 3.63) is 17.0 Å². The van der Waals surface area contributed by atoms with Gasteiger partial charge in [0.05, 0.1) is 12.1 Å². The molecule has 0 aliphatic carbocycles. The van der Waals surface area contributed by atoms with Gasteiger partial charge in [0.15, 0.2) is 0 Å². The third-order valence-electron chi connectivity index (χ3n) is 3.63. The number of nitrogens with zero attached hydrogens (tertiary/aromatic N) is 2. The minimum atomic E-state index is -2.78. The molecule has 1 amide bonds. The van der Waals surface area contributed by atoms with Crippen LogP contribution in [-0.4, -0.2) is 32.3 Å². The van der Waals surface area contributed by atoms with Gasteiger partial charge in [-0.05, 0) is 27.2 Å². The number of alkyl halides is 2. The van der Waals surface area contributed by atoms with Crippen LogP contribution in [0.1, 0.15) is 50.2 Å². The van der Waals surface area contributed by atoms with Crippen molar-refractivity contribution in [2.24, 2.45) is 0 Å². The number of aryl methyl sites for hydroxylation is 1. The van der Waals surface area contributed by atoms with Gasteiger partial charge in [-0.25, -0.2) is 9.48 Å². The van der Waals surface area contributed by atoms with E-state index in [1.807, 2.05) is 6.92 Å². The third kappa shape index (κ3) is 3.80. The average molecular weight is 317 g/mol. The van der Waals surface area contributed by atoms with Crippen molar-refractivity contribution in [3.8, 4) is 0 Å². The van der Waals surface area contributed by atoms with Gasteiger partial charge in [0.2, 0.25) is 5.91 Å². The first-order chi connectivity index (χ1) is 10.1. The maximum Gasteiger partial charge on any atom is 0.333 e. The van der Waals surface area contributed by atoms with Crippen LogP contribution >= 0.6 is 0 Å². The molecule has 0 fully saturated rings. The highest BCUT2D eigenvalue weighted by Crippen LogP contribution is 2.20. The molecule has 2 N–H and O–H groups in total. The number of aliphatic carboxylic acids is 1. The Balaban J connectivity index is 2.92. The molecular weight excluding hydrogens is 296 g/mol. The summed E-state index contributed by atoms with van der Waals surface area (Å²) >= 11 is 0. The lowest BCUT2D eigenvalue weighted by Crippen LogP contribution is -2.52. The summed E-state index contributed by atoms with van der Waals surface area (Å²) in [5.74, 6) is -1.65. The lowest BCUT2D eigenvalue weighted by molar-refractivity contribution is -0.147. The number of hydrogen-bond donors (Lipinski definition) is 2. The number of carbonyl (C=O) groups excluding carboxylic acids is 1. The number of amides is 1. The van der Waals surface area contributed by atoms with Crippen LogP contribution in [0.2, 0.25) is 0 Å². The Labute approximate surface area is 127 Å². The van der Waals surface area contributed by atoms with E-state index in [1.54, 1.807) is 0 Å². The van der Waals surface area contributed by atoms with E-state index in [9.17, 15) is 23.5 Å². The van der Waals surface area contributed by atoms with Gasteiger partial charge in [0, 0.05) is 11.3 Å². The maximum atomic E-state index is 12.8. The molecule has 0 aliphatic heterocycles. The Morgan fingerprint density at radius 1 is 1.41 bits per heavy atom. The van der Waals surface area contributed by atoms with Gasteiger partial charge in [-0.3, -0.25) is 4.79 Å². The molecule has 22 heavy (non-hydrogen) atoms. The van der Waals surface area contributed by atoms with E-state index in [4.69, 9.17) is 0 Å². The quantitative estimate of drug-likeness (QED) is 0.807. The van der Waals surface area contributed by atoms with Crippen LogP contribution < -0.4 is 5.32 Å². The van der Waals surface area contributed by atoms with Gasteiger partial charge < -0.3 is 10.4 Å². The molecule has 0 saturated heterocycles. The van der Waals surface area contributed by atoms with Gasteiger partial charge in [0.1, 0.15) is 5.54 Å². The molecule has 1 heterocycles. The third-order valence-corrected chi connectivity index (χ3v) is 3.63. The summed E-state index contributed by atoms with van der Waals surface area (Å²) < 4.78 is 26.1. The van der Waals surface area contributed by atoms with E-state index >= 15 is 0 Å². The fourth-order valence-corrected chi connectivity index (χ4v) is 2.38. The van der Waals surface area contributed by atoms with E-state index in [0.29, 0.717) is 22.4 Å². The summed E-state index contributed by atoms with van der Waals surface area (Å²) in [6.07, 6.45) is 0.684. The first-order valence-corrected chi connectivity index (χ1v) is 6.99. The second-order valence-electron chi connectivity index (χ2n) is 5.48. The first kappa shape index (κ1) is 18.1. The van der Waals surface area contributed by atoms with E-state index in [0.717, 1.165) is 0 Å². The Bertz CT molecular complexity index is 572. The van der Waals surface area contributed by atoms with Crippen LogP contribution in [0.3, 0.4) is 0 Å². The van der Waals surface area contributed by atoms with Gasteiger partial charge in [-0.15, -0.1) is 0 Å². The maximum absolute atomic E-state index is 12.8. The smallest absolute Gasteiger partial charge is 0.333 e. The normalized spacial score (nSPS) is 14.0. The predicted molar refractivity (Wildman–Crippen MR) is 75.7 cm³/mol. The molecule has 1 aromatic heterocycles. The number of carboxylic acid groups (broad SMARTS) is 1. The summed E-state index contributed by atoms with van der Waals surface area (Å²) in [4.78, 5) is 23.4. The second-order valence-corrected chi connectivity index (χ2v) is 5.48. The zero-order chi connectivity index (χ0) is 17.1. The highest BCUT2D eigenvalue weighted by atomic mass is 19.3. The first-order valence-electron chi connectivity index (χ1n) is 6.99. The van der Waals surface area contributed by atoms with E-state index < -0.39 is 24.0 Å². The minimum Gasteiger partial charge on any atom is -0.480 e. The van der Waals surface area contributed by atoms with Crippen LogP contribution in [0.5, 0.6) is 0 Å². The molecule has 0 aromatic carbocycles. The fourth-order valence-electron chi connectivity index (χ4n) is 2.38. The van der Waals surface area contributed by atoms with Gasteiger partial charge in [0.25, 0.3) is 0 Å². The SMILES string of the molecule is CCC[C@](C)(NC(=O)Cc1c(C)nn(C(F)F)c1C)C(=O)O. The average Bonchev–Trinajstić information content (AvgIpc) is 2.66. The van der Waals surface area contributed by atoms with Crippen LogP contribution in [0.25, 0.3) is 0 Å². The molecule has 0 bridgehead atoms. The van der Waals surface area contributed by atoms with Crippen molar-refractivity contribution in [1.82, 2.24) is 15.1 Å². The minimum absolute atomic E-state index is 0.184. The van der Waals surface area contributed by atoms with Gasteiger partial charge in [-0.1, -0.05) is 13.3 Å². The number of nitrogens with one attached hydrogen (secondary N) is 1. The topological polar surface area (TPSA) is 84.2 Å². The molecule has 0 aliphatic rings. The molecule has 0 spiro atoms. The summed E-state index contributed by atoms with van der Waals surface area (Å²) in [5.41, 5.74) is -0.440. The van der Waals surface area contributed by atoms with Crippen molar-refractivity contribution in [2.45, 2.75) is 59.0 Å². The standard InChI is InChI=1S/C14H21F2N3O3/c1-5-6-14(4,12(21)22)17-11(20)7-10-8(2)18-19(9(10)3)13(15)16/h13H,5-7H2,1-4H3,(H,17,20)(H,21,22)/t14-/m0/s1. The number of halogens is 2. The number of carboxylic acids is 1. The number of hydrogen-bond acceptors (Lipinski definition) is 3. The zero-order valence-corrected chi connectivity index (χ0v) is 13.1. The molecular formula is C14H21F2N3O3. The van der Waals surface area contributed by atoms with Gasteiger partial charge >= 0.3 is 12.5 Å². The Morgan fingerprint density at radius 3 is 2.41 bits per heavy atom. The molecule has 1 aromatic rings. The van der Waals surface area contributed by atoms with Crippen molar-refractivity contribution < 1.29 is 23.5 Å². The Kier molecular flexibility index (Phi) is 5.62. The van der Waals surface area contributed by atoms with E-state index in [2.05, 4.69) is 10.4 Å². The number of rotatable bonds is 7. The largest absolute Gasteiger partial charge is 0.480 e. The lowest BCUT2D eigenvalue weighted by Gasteiger charge is -2.25. The van der Waals surface area contributed by atoms with E-state index in [1.165, 1.54) is 20.8 Å². The van der Waals surface area contributed by atoms with Crippen molar-refractivity contribution in [3.63, 3.8) is 0 Å². The number of aromatic nitrogens is 2. The Morgan fingerprint density at radius 2 is 2.00 bits per heavy atom. The monoisotopic (exact) mass is 317 g/mol. The molecule has 124 valence electrons. The van der Waals surface area contributed by atoms with E-state index in [-0.39, 0.29) is 18.5 Å². The molecule has 0 unspecified atom stereocenters. The lowest BCUT2D eigenvalue weighted by atomic mass is 9.95. The zero-order valence-electron chi connectivity index (χ0n) is 13.1. The van der Waals surface area contributed by atoms with Crippen LogP contribution in [0.15, 0.2) is 0 Å². The second kappa shape index (κ2) is 6.85. The molecule has 6 nitrogen and oxygen atoms in total. The van der Waals surface area contributed by atoms with Crippen LogP contribution in [0, 0.1) is 13.8 Å². The summed E-state index contributed by atoms with van der Waals surface area (Å²) in [6, 6.07) is 0. The summed E-state index contributed by atoms with van der Waals surface area (Å²) in [6.45, 7) is 3.46. The van der Waals surface area contributed by atoms with Crippen molar-refractivity contribution in [1.29, 1.82) is 0 Å². The summed E-state index contributed by atoms with van der Waals surface area (Å²) in [5, 5.41) is 15.4. The molecule has 8 heteroatoms. The highest BCUT2D eigenvalue weighted by Gasteiger charge is 2.34. The predicted octanol–water partition coefficient (Wildman–Crippen LogP) is 2.20. The molecule has 0 saturated carbocycles. The van der Waals surface area contributed by atoms with Crippen molar-refractivity contribution in [2.75, 3.05) is 0 Å². The molecule has 1 atom stereocenters. The van der Waals surface area contributed by atoms with Crippen molar-refractivity contribution >= 4 is 11.9 Å². The highest BCUT2D eigenvalue weighted by molar-refractivity contribution is 5.87. The summed E-state index contributed by atoms with van der Waals surface area (Å²) in [7, 11) is 0. The molecule has 0 radical (unpaired) electrons. The van der Waals surface area contributed by atoms with Crippen LogP contribution in [0.4, 0.5) is 8.78 Å². The number of carbonyl (C=O) groups is 2. The molecule has 1 rings (SSSR count). The van der Waals surface area contributed by atoms with Crippen LogP contribution in [-0.2, 0) is 16.0 Å². The fraction of sp³-hybridized carbons (Fsp3) is 0.643.